The van der Waals surface area contributed by atoms with Crippen LogP contribution in [0.15, 0.2) is 18.2 Å². The quantitative estimate of drug-likeness (QED) is 0.665. The van der Waals surface area contributed by atoms with E-state index in [9.17, 15) is 9.59 Å². The molecule has 1 aromatic rings. The summed E-state index contributed by atoms with van der Waals surface area (Å²) in [7, 11) is 1.58. The van der Waals surface area contributed by atoms with Gasteiger partial charge in [0.05, 0.1) is 19.4 Å². The van der Waals surface area contributed by atoms with Crippen molar-refractivity contribution in [2.75, 3.05) is 45.2 Å². The largest absolute Gasteiger partial charge is 0.495 e. The molecule has 2 saturated heterocycles. The molecule has 0 radical (unpaired) electrons. The lowest BCUT2D eigenvalue weighted by molar-refractivity contribution is -0.116. The number of methoxy groups -OCH3 is 1. The van der Waals surface area contributed by atoms with E-state index in [0.717, 1.165) is 58.3 Å². The van der Waals surface area contributed by atoms with Gasteiger partial charge in [-0.15, -0.1) is 0 Å². The predicted octanol–water partition coefficient (Wildman–Crippen LogP) is 4.40. The van der Waals surface area contributed by atoms with E-state index in [1.165, 1.54) is 0 Å². The number of hydrogen-bond donors (Lipinski definition) is 1. The number of amides is 2. The molecule has 1 N–H and O–H groups in total. The lowest BCUT2D eigenvalue weighted by Gasteiger charge is -2.42. The summed E-state index contributed by atoms with van der Waals surface area (Å²) >= 11 is 6.05. The Labute approximate surface area is 190 Å². The highest BCUT2D eigenvalue weighted by molar-refractivity contribution is 6.31. The molecule has 0 aliphatic carbocycles. The van der Waals surface area contributed by atoms with Gasteiger partial charge in [-0.1, -0.05) is 11.6 Å². The Hall–Kier alpha value is -1.99. The van der Waals surface area contributed by atoms with Crippen molar-refractivity contribution in [2.24, 2.45) is 5.92 Å². The van der Waals surface area contributed by atoms with Crippen LogP contribution in [0.3, 0.4) is 0 Å². The van der Waals surface area contributed by atoms with E-state index >= 15 is 0 Å². The van der Waals surface area contributed by atoms with E-state index in [1.807, 2.05) is 11.8 Å². The molecule has 31 heavy (non-hydrogen) atoms. The molecule has 3 rings (SSSR count). The molecule has 1 atom stereocenters. The predicted molar refractivity (Wildman–Crippen MR) is 122 cm³/mol. The van der Waals surface area contributed by atoms with Gasteiger partial charge in [0.15, 0.2) is 0 Å². The number of nitrogens with one attached hydrogen (secondary N) is 1. The van der Waals surface area contributed by atoms with Crippen molar-refractivity contribution in [1.29, 1.82) is 0 Å². The molecule has 2 aliphatic rings. The van der Waals surface area contributed by atoms with Crippen LogP contribution in [0.1, 0.15) is 45.4 Å². The van der Waals surface area contributed by atoms with E-state index in [1.54, 1.807) is 25.3 Å². The SMILES string of the molecule is CCOC(=O)N1CCC(N2CCCC(CCC(=O)Nc3cc(Cl)ccc3OC)C2)CC1. The highest BCUT2D eigenvalue weighted by atomic mass is 35.5. The van der Waals surface area contributed by atoms with E-state index in [4.69, 9.17) is 21.1 Å². The van der Waals surface area contributed by atoms with Gasteiger partial charge < -0.3 is 19.7 Å². The summed E-state index contributed by atoms with van der Waals surface area (Å²) in [6.07, 6.45) is 5.45. The first kappa shape index (κ1) is 23.7. The number of anilines is 1. The number of piperidine rings is 2. The number of benzene rings is 1. The molecule has 0 spiro atoms. The molecule has 8 heteroatoms. The van der Waals surface area contributed by atoms with Gasteiger partial charge in [0.2, 0.25) is 5.91 Å². The Bertz CT molecular complexity index is 752. The van der Waals surface area contributed by atoms with Gasteiger partial charge in [0, 0.05) is 37.1 Å². The molecule has 2 heterocycles. The van der Waals surface area contributed by atoms with Gasteiger partial charge >= 0.3 is 6.09 Å². The van der Waals surface area contributed by atoms with Crippen molar-refractivity contribution in [3.05, 3.63) is 23.2 Å². The van der Waals surface area contributed by atoms with Gasteiger partial charge in [-0.3, -0.25) is 9.69 Å². The first-order valence-corrected chi connectivity index (χ1v) is 11.7. The summed E-state index contributed by atoms with van der Waals surface area (Å²) in [6, 6.07) is 5.72. The molecule has 0 saturated carbocycles. The van der Waals surface area contributed by atoms with E-state index in [-0.39, 0.29) is 12.0 Å². The lowest BCUT2D eigenvalue weighted by Crippen LogP contribution is -2.49. The molecule has 1 aromatic carbocycles. The summed E-state index contributed by atoms with van der Waals surface area (Å²) < 4.78 is 10.4. The fourth-order valence-electron chi connectivity index (χ4n) is 4.62. The standard InChI is InChI=1S/C23H34ClN3O4/c1-3-31-23(29)26-13-10-19(11-14-26)27-12-4-5-17(16-27)6-9-22(28)25-20-15-18(24)7-8-21(20)30-2/h7-8,15,17,19H,3-6,9-14,16H2,1-2H3,(H,25,28). The van der Waals surface area contributed by atoms with Crippen molar-refractivity contribution in [1.82, 2.24) is 9.80 Å². The molecule has 0 aromatic heterocycles. The van der Waals surface area contributed by atoms with Gasteiger partial charge in [0.25, 0.3) is 0 Å². The van der Waals surface area contributed by atoms with E-state index in [2.05, 4.69) is 10.2 Å². The smallest absolute Gasteiger partial charge is 0.409 e. The maximum Gasteiger partial charge on any atom is 0.409 e. The van der Waals surface area contributed by atoms with Crippen LogP contribution in [0.5, 0.6) is 5.75 Å². The minimum absolute atomic E-state index is 0.0135. The summed E-state index contributed by atoms with van der Waals surface area (Å²) in [6.45, 7) is 5.90. The van der Waals surface area contributed by atoms with E-state index in [0.29, 0.717) is 41.4 Å². The zero-order valence-electron chi connectivity index (χ0n) is 18.6. The second-order valence-electron chi connectivity index (χ2n) is 8.35. The number of rotatable bonds is 7. The minimum Gasteiger partial charge on any atom is -0.495 e. The fraction of sp³-hybridized carbons (Fsp3) is 0.652. The molecule has 0 bridgehead atoms. The normalized spacial score (nSPS) is 20.4. The van der Waals surface area contributed by atoms with Crippen LogP contribution in [-0.4, -0.2) is 67.7 Å². The first-order chi connectivity index (χ1) is 15.0. The minimum atomic E-state index is -0.195. The molecule has 172 valence electrons. The molecular formula is C23H34ClN3O4. The number of carbonyl (C=O) groups is 2. The molecular weight excluding hydrogens is 418 g/mol. The summed E-state index contributed by atoms with van der Waals surface area (Å²) in [5.74, 6) is 1.11. The van der Waals surface area contributed by atoms with Crippen LogP contribution >= 0.6 is 11.6 Å². The highest BCUT2D eigenvalue weighted by Crippen LogP contribution is 2.29. The van der Waals surface area contributed by atoms with Crippen molar-refractivity contribution in [3.63, 3.8) is 0 Å². The number of carbonyl (C=O) groups excluding carboxylic acids is 2. The van der Waals surface area contributed by atoms with Crippen LogP contribution < -0.4 is 10.1 Å². The third-order valence-electron chi connectivity index (χ3n) is 6.27. The zero-order chi connectivity index (χ0) is 22.2. The summed E-state index contributed by atoms with van der Waals surface area (Å²) in [5, 5.41) is 3.49. The molecule has 2 amide bonds. The van der Waals surface area contributed by atoms with Gasteiger partial charge in [-0.25, -0.2) is 4.79 Å². The Balaban J connectivity index is 1.43. The van der Waals surface area contributed by atoms with Crippen LogP contribution in [0.2, 0.25) is 5.02 Å². The third kappa shape index (κ3) is 6.74. The van der Waals surface area contributed by atoms with E-state index < -0.39 is 0 Å². The second-order valence-corrected chi connectivity index (χ2v) is 8.79. The Morgan fingerprint density at radius 2 is 1.97 bits per heavy atom. The fourth-order valence-corrected chi connectivity index (χ4v) is 4.79. The van der Waals surface area contributed by atoms with Crippen LogP contribution in [0, 0.1) is 5.92 Å². The molecule has 7 nitrogen and oxygen atoms in total. The average molecular weight is 452 g/mol. The molecule has 1 unspecified atom stereocenters. The van der Waals surface area contributed by atoms with Crippen molar-refractivity contribution >= 4 is 29.3 Å². The van der Waals surface area contributed by atoms with Crippen molar-refractivity contribution < 1.29 is 19.1 Å². The van der Waals surface area contributed by atoms with Gasteiger partial charge in [-0.05, 0) is 69.7 Å². The number of hydrogen-bond acceptors (Lipinski definition) is 5. The van der Waals surface area contributed by atoms with Crippen molar-refractivity contribution in [3.8, 4) is 5.75 Å². The van der Waals surface area contributed by atoms with Crippen LogP contribution in [0.4, 0.5) is 10.5 Å². The first-order valence-electron chi connectivity index (χ1n) is 11.3. The van der Waals surface area contributed by atoms with Gasteiger partial charge in [0.1, 0.15) is 5.75 Å². The van der Waals surface area contributed by atoms with Crippen molar-refractivity contribution in [2.45, 2.75) is 51.5 Å². The Morgan fingerprint density at radius 1 is 1.19 bits per heavy atom. The number of likely N-dealkylation sites (tertiary alicyclic amines) is 2. The number of nitrogens with zero attached hydrogens (tertiary/aromatic N) is 2. The maximum atomic E-state index is 12.5. The Morgan fingerprint density at radius 3 is 2.68 bits per heavy atom. The summed E-state index contributed by atoms with van der Waals surface area (Å²) in [4.78, 5) is 28.8. The maximum absolute atomic E-state index is 12.5. The Kier molecular flexibility index (Phi) is 8.84. The average Bonchev–Trinajstić information content (AvgIpc) is 2.78. The number of halogens is 1. The second kappa shape index (κ2) is 11.6. The molecule has 2 fully saturated rings. The topological polar surface area (TPSA) is 71.1 Å². The van der Waals surface area contributed by atoms with Crippen LogP contribution in [0.25, 0.3) is 0 Å². The highest BCUT2D eigenvalue weighted by Gasteiger charge is 2.30. The monoisotopic (exact) mass is 451 g/mol. The lowest BCUT2D eigenvalue weighted by atomic mass is 9.90. The molecule has 2 aliphatic heterocycles. The third-order valence-corrected chi connectivity index (χ3v) is 6.51. The number of ether oxygens (including phenoxy) is 2. The van der Waals surface area contributed by atoms with Gasteiger partial charge in [-0.2, -0.15) is 0 Å². The zero-order valence-corrected chi connectivity index (χ0v) is 19.3. The summed E-state index contributed by atoms with van der Waals surface area (Å²) in [5.41, 5.74) is 0.610. The van der Waals surface area contributed by atoms with Crippen LogP contribution in [-0.2, 0) is 9.53 Å².